The fourth-order valence-electron chi connectivity index (χ4n) is 2.61. The second-order valence-electron chi connectivity index (χ2n) is 6.10. The van der Waals surface area contributed by atoms with Gasteiger partial charge in [0.25, 0.3) is 0 Å². The molecule has 1 amide bonds. The summed E-state index contributed by atoms with van der Waals surface area (Å²) in [6, 6.07) is 0. The van der Waals surface area contributed by atoms with Crippen molar-refractivity contribution < 1.29 is 14.7 Å². The zero-order chi connectivity index (χ0) is 13.8. The van der Waals surface area contributed by atoms with Crippen LogP contribution in [0.1, 0.15) is 52.9 Å². The third-order valence-electron chi connectivity index (χ3n) is 4.19. The number of carboxylic acids is 1. The van der Waals surface area contributed by atoms with Gasteiger partial charge in [0.2, 0.25) is 5.91 Å². The number of aliphatic carboxylic acids is 1. The molecule has 0 spiro atoms. The van der Waals surface area contributed by atoms with Gasteiger partial charge in [0.1, 0.15) is 5.92 Å². The van der Waals surface area contributed by atoms with E-state index in [2.05, 4.69) is 19.2 Å². The molecular weight excluding hydrogens is 230 g/mol. The summed E-state index contributed by atoms with van der Waals surface area (Å²) in [6.45, 7) is 6.31. The molecule has 0 aliphatic heterocycles. The lowest BCUT2D eigenvalue weighted by Crippen LogP contribution is -2.42. The lowest BCUT2D eigenvalue weighted by molar-refractivity contribution is -0.146. The van der Waals surface area contributed by atoms with Gasteiger partial charge in [-0.15, -0.1) is 0 Å². The van der Waals surface area contributed by atoms with Crippen molar-refractivity contribution in [3.05, 3.63) is 0 Å². The molecule has 18 heavy (non-hydrogen) atoms. The number of amides is 1. The average Bonchev–Trinajstić information content (AvgIpc) is 2.36. The molecular formula is C14H25NO3. The summed E-state index contributed by atoms with van der Waals surface area (Å²) in [6.07, 6.45) is 6.30. The van der Waals surface area contributed by atoms with Crippen LogP contribution in [0.4, 0.5) is 0 Å². The van der Waals surface area contributed by atoms with Crippen molar-refractivity contribution in [1.29, 1.82) is 0 Å². The van der Waals surface area contributed by atoms with Crippen LogP contribution < -0.4 is 5.32 Å². The zero-order valence-electron chi connectivity index (χ0n) is 11.7. The van der Waals surface area contributed by atoms with E-state index < -0.39 is 11.9 Å². The molecule has 104 valence electrons. The first-order chi connectivity index (χ1) is 8.34. The van der Waals surface area contributed by atoms with Gasteiger partial charge in [-0.05, 0) is 31.1 Å². The Hall–Kier alpha value is -1.06. The smallest absolute Gasteiger partial charge is 0.315 e. The van der Waals surface area contributed by atoms with Gasteiger partial charge in [-0.1, -0.05) is 33.1 Å². The molecule has 1 saturated carbocycles. The first kappa shape index (κ1) is 15.0. The first-order valence-electron chi connectivity index (χ1n) is 6.85. The van der Waals surface area contributed by atoms with Gasteiger partial charge in [-0.2, -0.15) is 0 Å². The minimum absolute atomic E-state index is 0.0499. The molecule has 1 aliphatic rings. The van der Waals surface area contributed by atoms with Crippen LogP contribution in [-0.2, 0) is 9.59 Å². The van der Waals surface area contributed by atoms with E-state index >= 15 is 0 Å². The van der Waals surface area contributed by atoms with Crippen LogP contribution >= 0.6 is 0 Å². The lowest BCUT2D eigenvalue weighted by Gasteiger charge is -2.37. The number of carbonyl (C=O) groups excluding carboxylic acids is 1. The van der Waals surface area contributed by atoms with Crippen LogP contribution in [0.2, 0.25) is 0 Å². The maximum atomic E-state index is 11.6. The Balaban J connectivity index is 2.45. The van der Waals surface area contributed by atoms with E-state index in [1.807, 2.05) is 0 Å². The van der Waals surface area contributed by atoms with Crippen LogP contribution in [0.15, 0.2) is 0 Å². The van der Waals surface area contributed by atoms with Gasteiger partial charge in [-0.25, -0.2) is 0 Å². The first-order valence-corrected chi connectivity index (χ1v) is 6.85. The van der Waals surface area contributed by atoms with E-state index in [1.54, 1.807) is 0 Å². The van der Waals surface area contributed by atoms with E-state index in [9.17, 15) is 9.59 Å². The highest BCUT2D eigenvalue weighted by Crippen LogP contribution is 2.37. The second-order valence-corrected chi connectivity index (χ2v) is 6.10. The summed E-state index contributed by atoms with van der Waals surface area (Å²) in [5.41, 5.74) is 0.0499. The number of carboxylic acid groups (broad SMARTS) is 1. The summed E-state index contributed by atoms with van der Waals surface area (Å²) in [5, 5.41) is 11.6. The maximum absolute atomic E-state index is 11.6. The van der Waals surface area contributed by atoms with Crippen molar-refractivity contribution in [3.63, 3.8) is 0 Å². The van der Waals surface area contributed by atoms with Gasteiger partial charge in [-0.3, -0.25) is 9.59 Å². The monoisotopic (exact) mass is 255 g/mol. The molecule has 0 heterocycles. The number of carbonyl (C=O) groups is 2. The van der Waals surface area contributed by atoms with Crippen LogP contribution in [0.3, 0.4) is 0 Å². The number of hydrogen-bond acceptors (Lipinski definition) is 2. The molecule has 4 heteroatoms. The Bertz CT molecular complexity index is 306. The summed E-state index contributed by atoms with van der Waals surface area (Å²) in [5.74, 6) is -1.78. The predicted molar refractivity (Wildman–Crippen MR) is 70.2 cm³/mol. The van der Waals surface area contributed by atoms with Gasteiger partial charge in [0.15, 0.2) is 0 Å². The highest BCUT2D eigenvalue weighted by Gasteiger charge is 2.31. The second kappa shape index (κ2) is 6.21. The molecule has 0 bridgehead atoms. The lowest BCUT2D eigenvalue weighted by atomic mass is 9.71. The van der Waals surface area contributed by atoms with E-state index in [0.717, 1.165) is 0 Å². The third kappa shape index (κ3) is 4.00. The number of rotatable bonds is 5. The molecule has 0 aromatic rings. The van der Waals surface area contributed by atoms with E-state index in [1.165, 1.54) is 39.0 Å². The minimum Gasteiger partial charge on any atom is -0.481 e. The van der Waals surface area contributed by atoms with Crippen LogP contribution in [0.5, 0.6) is 0 Å². The van der Waals surface area contributed by atoms with Crippen molar-refractivity contribution in [2.45, 2.75) is 52.9 Å². The molecule has 4 nitrogen and oxygen atoms in total. The molecule has 1 aliphatic carbocycles. The third-order valence-corrected chi connectivity index (χ3v) is 4.19. The Morgan fingerprint density at radius 2 is 1.83 bits per heavy atom. The quantitative estimate of drug-likeness (QED) is 0.741. The van der Waals surface area contributed by atoms with E-state index in [0.29, 0.717) is 12.5 Å². The van der Waals surface area contributed by atoms with Gasteiger partial charge in [0.05, 0.1) is 0 Å². The fourth-order valence-corrected chi connectivity index (χ4v) is 2.61. The highest BCUT2D eigenvalue weighted by molar-refractivity contribution is 5.96. The van der Waals surface area contributed by atoms with Gasteiger partial charge >= 0.3 is 5.97 Å². The highest BCUT2D eigenvalue weighted by atomic mass is 16.4. The molecule has 1 atom stereocenters. The number of nitrogens with one attached hydrogen (secondary N) is 1. The molecule has 0 aromatic heterocycles. The standard InChI is InChI=1S/C14H25NO3/c1-10(13(17)18)12(16)15-9-14(2,3)11-7-5-4-6-8-11/h10-11H,4-9H2,1-3H3,(H,15,16)(H,17,18). The summed E-state index contributed by atoms with van der Waals surface area (Å²) < 4.78 is 0. The number of hydrogen-bond donors (Lipinski definition) is 2. The Kier molecular flexibility index (Phi) is 5.17. The van der Waals surface area contributed by atoms with E-state index in [-0.39, 0.29) is 11.3 Å². The van der Waals surface area contributed by atoms with Crippen LogP contribution in [0, 0.1) is 17.3 Å². The average molecular weight is 255 g/mol. The molecule has 0 radical (unpaired) electrons. The van der Waals surface area contributed by atoms with Crippen LogP contribution in [0.25, 0.3) is 0 Å². The largest absolute Gasteiger partial charge is 0.481 e. The molecule has 1 rings (SSSR count). The van der Waals surface area contributed by atoms with Crippen molar-refractivity contribution >= 4 is 11.9 Å². The van der Waals surface area contributed by atoms with Crippen molar-refractivity contribution in [2.24, 2.45) is 17.3 Å². The minimum atomic E-state index is -1.07. The molecule has 0 saturated heterocycles. The maximum Gasteiger partial charge on any atom is 0.315 e. The molecule has 1 fully saturated rings. The molecule has 2 N–H and O–H groups in total. The van der Waals surface area contributed by atoms with Crippen molar-refractivity contribution in [3.8, 4) is 0 Å². The predicted octanol–water partition coefficient (Wildman–Crippen LogP) is 2.43. The zero-order valence-corrected chi connectivity index (χ0v) is 11.7. The van der Waals surface area contributed by atoms with E-state index in [4.69, 9.17) is 5.11 Å². The summed E-state index contributed by atoms with van der Waals surface area (Å²) >= 11 is 0. The van der Waals surface area contributed by atoms with Crippen molar-refractivity contribution in [1.82, 2.24) is 5.32 Å². The normalized spacial score (nSPS) is 19.3. The Morgan fingerprint density at radius 1 is 1.28 bits per heavy atom. The Labute approximate surface area is 109 Å². The topological polar surface area (TPSA) is 66.4 Å². The van der Waals surface area contributed by atoms with Crippen LogP contribution in [-0.4, -0.2) is 23.5 Å². The molecule has 0 aromatic carbocycles. The Morgan fingerprint density at radius 3 is 2.33 bits per heavy atom. The summed E-state index contributed by atoms with van der Waals surface area (Å²) in [4.78, 5) is 22.3. The van der Waals surface area contributed by atoms with Gasteiger partial charge in [0, 0.05) is 6.54 Å². The summed E-state index contributed by atoms with van der Waals surface area (Å²) in [7, 11) is 0. The van der Waals surface area contributed by atoms with Crippen molar-refractivity contribution in [2.75, 3.05) is 6.54 Å². The fraction of sp³-hybridized carbons (Fsp3) is 0.857. The molecule has 1 unspecified atom stereocenters. The van der Waals surface area contributed by atoms with Gasteiger partial charge < -0.3 is 10.4 Å². The SMILES string of the molecule is CC(C(=O)O)C(=O)NCC(C)(C)C1CCCCC1.